The van der Waals surface area contributed by atoms with Gasteiger partial charge in [0.1, 0.15) is 0 Å². The molecule has 0 spiro atoms. The second-order valence-corrected chi connectivity index (χ2v) is 6.91. The number of hydrogen-bond acceptors (Lipinski definition) is 0. The molecule has 0 aliphatic heterocycles. The zero-order valence-corrected chi connectivity index (χ0v) is 14.6. The molecular weight excluding hydrogens is 240 g/mol. The van der Waals surface area contributed by atoms with Crippen LogP contribution >= 0.6 is 0 Å². The van der Waals surface area contributed by atoms with Crippen molar-refractivity contribution in [3.8, 4) is 0 Å². The summed E-state index contributed by atoms with van der Waals surface area (Å²) in [4.78, 5) is 0. The minimum atomic E-state index is 0.642. The minimum Gasteiger partial charge on any atom is -0.0651 e. The molecule has 0 fully saturated rings. The lowest BCUT2D eigenvalue weighted by Gasteiger charge is -2.31. The molecule has 20 heavy (non-hydrogen) atoms. The molecule has 0 N–H and O–H groups in total. The first kappa shape index (κ1) is 17.3. The average Bonchev–Trinajstić information content (AvgIpc) is 2.46. The van der Waals surface area contributed by atoms with Crippen molar-refractivity contribution in [2.75, 3.05) is 0 Å². The molecule has 0 aliphatic carbocycles. The average molecular weight is 274 g/mol. The molecule has 1 rings (SSSR count). The van der Waals surface area contributed by atoms with E-state index in [0.29, 0.717) is 17.8 Å². The molecule has 0 nitrogen and oxygen atoms in total. The van der Waals surface area contributed by atoms with Gasteiger partial charge < -0.3 is 0 Å². The molecule has 1 aromatic carbocycles. The third-order valence-electron chi connectivity index (χ3n) is 5.47. The molecule has 0 heteroatoms. The van der Waals surface area contributed by atoms with Crippen LogP contribution < -0.4 is 0 Å². The van der Waals surface area contributed by atoms with E-state index in [1.54, 1.807) is 11.1 Å². The third kappa shape index (κ3) is 3.87. The normalized spacial score (nSPS) is 17.8. The molecule has 114 valence electrons. The summed E-state index contributed by atoms with van der Waals surface area (Å²) in [5.74, 6) is 3.60. The Bertz CT molecular complexity index is 391. The monoisotopic (exact) mass is 274 g/mol. The van der Waals surface area contributed by atoms with Gasteiger partial charge in [0.15, 0.2) is 0 Å². The molecule has 1 aromatic rings. The van der Waals surface area contributed by atoms with Gasteiger partial charge >= 0.3 is 0 Å². The lowest BCUT2D eigenvalue weighted by Crippen LogP contribution is -2.19. The zero-order valence-electron chi connectivity index (χ0n) is 14.6. The van der Waals surface area contributed by atoms with Crippen LogP contribution in [0.2, 0.25) is 0 Å². The first-order chi connectivity index (χ1) is 9.43. The van der Waals surface area contributed by atoms with E-state index in [9.17, 15) is 0 Å². The zero-order chi connectivity index (χ0) is 15.3. The summed E-state index contributed by atoms with van der Waals surface area (Å²) in [6.07, 6.45) is 2.56. The Labute approximate surface area is 127 Å². The van der Waals surface area contributed by atoms with Gasteiger partial charge in [0.25, 0.3) is 0 Å². The lowest BCUT2D eigenvalue weighted by atomic mass is 9.74. The van der Waals surface area contributed by atoms with E-state index in [1.165, 1.54) is 12.8 Å². The van der Waals surface area contributed by atoms with Crippen molar-refractivity contribution in [3.05, 3.63) is 35.4 Å². The molecule has 0 amide bonds. The maximum Gasteiger partial charge on any atom is -0.0157 e. The number of hydrogen-bond donors (Lipinski definition) is 0. The van der Waals surface area contributed by atoms with Gasteiger partial charge in [0, 0.05) is 0 Å². The van der Waals surface area contributed by atoms with Gasteiger partial charge in [-0.1, -0.05) is 85.6 Å². The molecule has 4 unspecified atom stereocenters. The number of rotatable bonds is 7. The fraction of sp³-hybridized carbons (Fsp3) is 0.700. The van der Waals surface area contributed by atoms with Crippen LogP contribution in [0.1, 0.15) is 84.3 Å². The first-order valence-electron chi connectivity index (χ1n) is 8.52. The molecule has 4 atom stereocenters. The van der Waals surface area contributed by atoms with E-state index in [4.69, 9.17) is 0 Å². The first-order valence-corrected chi connectivity index (χ1v) is 8.52. The topological polar surface area (TPSA) is 0 Å². The summed E-state index contributed by atoms with van der Waals surface area (Å²) in [6.45, 7) is 16.6. The van der Waals surface area contributed by atoms with Gasteiger partial charge in [-0.05, 0) is 40.7 Å². The maximum absolute atomic E-state index is 2.44. The summed E-state index contributed by atoms with van der Waals surface area (Å²) in [6, 6.07) is 9.13. The Hall–Kier alpha value is -0.780. The van der Waals surface area contributed by atoms with Crippen LogP contribution in [0.4, 0.5) is 0 Å². The van der Waals surface area contributed by atoms with Gasteiger partial charge in [0.05, 0.1) is 0 Å². The Morgan fingerprint density at radius 2 is 1.25 bits per heavy atom. The third-order valence-corrected chi connectivity index (χ3v) is 5.47. The van der Waals surface area contributed by atoms with E-state index in [2.05, 4.69) is 72.7 Å². The van der Waals surface area contributed by atoms with Crippen LogP contribution in [0.15, 0.2) is 24.3 Å². The van der Waals surface area contributed by atoms with E-state index in [0.717, 1.165) is 11.8 Å². The fourth-order valence-corrected chi connectivity index (χ4v) is 3.48. The maximum atomic E-state index is 2.44. The molecule has 0 bridgehead atoms. The highest BCUT2D eigenvalue weighted by Crippen LogP contribution is 2.38. The summed E-state index contributed by atoms with van der Waals surface area (Å²) in [7, 11) is 0. The molecule has 0 aromatic heterocycles. The summed E-state index contributed by atoms with van der Waals surface area (Å²) < 4.78 is 0. The van der Waals surface area contributed by atoms with Crippen LogP contribution in [0.3, 0.4) is 0 Å². The van der Waals surface area contributed by atoms with Crippen LogP contribution in [0, 0.1) is 17.8 Å². The van der Waals surface area contributed by atoms with Crippen LogP contribution in [0.5, 0.6) is 0 Å². The van der Waals surface area contributed by atoms with Gasteiger partial charge in [0.2, 0.25) is 0 Å². The molecule has 0 heterocycles. The lowest BCUT2D eigenvalue weighted by molar-refractivity contribution is 0.292. The highest BCUT2D eigenvalue weighted by molar-refractivity contribution is 5.33. The van der Waals surface area contributed by atoms with Crippen LogP contribution in [0.25, 0.3) is 0 Å². The van der Waals surface area contributed by atoms with E-state index < -0.39 is 0 Å². The van der Waals surface area contributed by atoms with Crippen LogP contribution in [-0.2, 0) is 0 Å². The predicted octanol–water partition coefficient (Wildman–Crippen LogP) is 6.62. The van der Waals surface area contributed by atoms with E-state index >= 15 is 0 Å². The van der Waals surface area contributed by atoms with Crippen LogP contribution in [-0.4, -0.2) is 0 Å². The van der Waals surface area contributed by atoms with E-state index in [-0.39, 0.29) is 0 Å². The van der Waals surface area contributed by atoms with Gasteiger partial charge in [-0.3, -0.25) is 0 Å². The largest absolute Gasteiger partial charge is 0.0651 e. The molecule has 0 saturated heterocycles. The molecule has 0 saturated carbocycles. The second-order valence-electron chi connectivity index (χ2n) is 6.91. The van der Waals surface area contributed by atoms with Crippen molar-refractivity contribution in [1.29, 1.82) is 0 Å². The molecule has 0 radical (unpaired) electrons. The van der Waals surface area contributed by atoms with E-state index in [1.807, 2.05) is 0 Å². The van der Waals surface area contributed by atoms with Gasteiger partial charge in [-0.25, -0.2) is 0 Å². The summed E-state index contributed by atoms with van der Waals surface area (Å²) in [5.41, 5.74) is 3.15. The minimum absolute atomic E-state index is 0.642. The van der Waals surface area contributed by atoms with Crippen molar-refractivity contribution in [1.82, 2.24) is 0 Å². The van der Waals surface area contributed by atoms with Crippen molar-refractivity contribution < 1.29 is 0 Å². The smallest absolute Gasteiger partial charge is 0.0157 e. The van der Waals surface area contributed by atoms with Crippen molar-refractivity contribution in [2.24, 2.45) is 17.8 Å². The Morgan fingerprint density at radius 3 is 1.65 bits per heavy atom. The fourth-order valence-electron chi connectivity index (χ4n) is 3.48. The van der Waals surface area contributed by atoms with Crippen molar-refractivity contribution in [3.63, 3.8) is 0 Å². The van der Waals surface area contributed by atoms with Gasteiger partial charge in [-0.15, -0.1) is 0 Å². The molecular formula is C20H34. The number of benzene rings is 1. The Kier molecular flexibility index (Phi) is 6.79. The highest BCUT2D eigenvalue weighted by Gasteiger charge is 2.25. The molecule has 0 aliphatic rings. The Morgan fingerprint density at radius 1 is 0.750 bits per heavy atom. The predicted molar refractivity (Wildman–Crippen MR) is 91.3 cm³/mol. The standard InChI is InChI=1S/C20H34/c1-8-15(5)18(9-2)17(7)20-13-11-10-12-19(20)16(6)14(3)4/h10-18H,8-9H2,1-7H3. The second kappa shape index (κ2) is 7.86. The summed E-state index contributed by atoms with van der Waals surface area (Å²) >= 11 is 0. The SMILES string of the molecule is CCC(C)C(CC)C(C)c1ccccc1C(C)C(C)C. The Balaban J connectivity index is 3.12. The van der Waals surface area contributed by atoms with Crippen molar-refractivity contribution >= 4 is 0 Å². The van der Waals surface area contributed by atoms with Crippen molar-refractivity contribution in [2.45, 2.75) is 73.1 Å². The highest BCUT2D eigenvalue weighted by atomic mass is 14.3. The quantitative estimate of drug-likeness (QED) is 0.524. The van der Waals surface area contributed by atoms with Gasteiger partial charge in [-0.2, -0.15) is 0 Å². The summed E-state index contributed by atoms with van der Waals surface area (Å²) in [5, 5.41) is 0.